The Morgan fingerprint density at radius 3 is 2.12 bits per heavy atom. The van der Waals surface area contributed by atoms with Crippen molar-refractivity contribution in [2.24, 2.45) is 0 Å². The van der Waals surface area contributed by atoms with Crippen molar-refractivity contribution in [3.05, 3.63) is 82.7 Å². The number of ether oxygens (including phenoxy) is 2. The first-order valence-electron chi connectivity index (χ1n) is 14.1. The van der Waals surface area contributed by atoms with Crippen LogP contribution < -0.4 is 4.90 Å². The van der Waals surface area contributed by atoms with E-state index in [0.717, 1.165) is 53.4 Å². The van der Waals surface area contributed by atoms with Gasteiger partial charge >= 0.3 is 12.2 Å². The summed E-state index contributed by atoms with van der Waals surface area (Å²) in [6.07, 6.45) is 6.01. The van der Waals surface area contributed by atoms with Crippen LogP contribution in [0.2, 0.25) is 0 Å². The van der Waals surface area contributed by atoms with E-state index in [0.29, 0.717) is 18.5 Å². The summed E-state index contributed by atoms with van der Waals surface area (Å²) in [5, 5.41) is 0. The second-order valence-electron chi connectivity index (χ2n) is 12.6. The van der Waals surface area contributed by atoms with Crippen LogP contribution in [0, 0.1) is 0 Å². The summed E-state index contributed by atoms with van der Waals surface area (Å²) >= 11 is 0. The summed E-state index contributed by atoms with van der Waals surface area (Å²) < 4.78 is 13.8. The summed E-state index contributed by atoms with van der Waals surface area (Å²) in [5.41, 5.74) is 5.69. The maximum absolute atomic E-state index is 13.7. The second-order valence-corrected chi connectivity index (χ2v) is 12.6. The topological polar surface area (TPSA) is 62.1 Å². The molecular formula is C33H40N3O4+. The molecule has 2 aliphatic heterocycles. The molecule has 7 nitrogen and oxygen atoms in total. The number of amides is 2. The van der Waals surface area contributed by atoms with Gasteiger partial charge in [-0.3, -0.25) is 0 Å². The summed E-state index contributed by atoms with van der Waals surface area (Å²) in [4.78, 5) is 30.8. The molecule has 2 aromatic carbocycles. The lowest BCUT2D eigenvalue weighted by molar-refractivity contribution is -0.423. The van der Waals surface area contributed by atoms with Crippen molar-refractivity contribution in [1.82, 2.24) is 4.90 Å². The lowest BCUT2D eigenvalue weighted by atomic mass is 10.1. The maximum atomic E-state index is 13.7. The van der Waals surface area contributed by atoms with Gasteiger partial charge in [0, 0.05) is 42.1 Å². The first-order valence-corrected chi connectivity index (χ1v) is 14.1. The van der Waals surface area contributed by atoms with Gasteiger partial charge in [-0.1, -0.05) is 36.4 Å². The molecule has 2 heterocycles. The lowest BCUT2D eigenvalue weighted by Crippen LogP contribution is -2.43. The van der Waals surface area contributed by atoms with Gasteiger partial charge in [-0.15, -0.1) is 0 Å². The Labute approximate surface area is 237 Å². The minimum Gasteiger partial charge on any atom is -0.443 e. The quantitative estimate of drug-likeness (QED) is 0.386. The van der Waals surface area contributed by atoms with Crippen LogP contribution in [0.1, 0.15) is 65.5 Å². The number of carbonyl (C=O) groups excluding carboxylic acids is 2. The molecule has 2 aromatic rings. The summed E-state index contributed by atoms with van der Waals surface area (Å²) in [7, 11) is 0. The number of benzene rings is 2. The summed E-state index contributed by atoms with van der Waals surface area (Å²) in [5.74, 6) is 0. The van der Waals surface area contributed by atoms with Crippen LogP contribution in [0.3, 0.4) is 0 Å². The number of para-hydroxylation sites is 2. The van der Waals surface area contributed by atoms with E-state index in [-0.39, 0.29) is 0 Å². The molecule has 0 radical (unpaired) electrons. The fourth-order valence-corrected chi connectivity index (χ4v) is 5.50. The number of imide groups is 1. The van der Waals surface area contributed by atoms with Crippen LogP contribution in [0.15, 0.2) is 71.6 Å². The molecule has 0 aromatic heterocycles. The zero-order chi connectivity index (χ0) is 28.7. The molecule has 1 aliphatic carbocycles. The fourth-order valence-electron chi connectivity index (χ4n) is 5.50. The third-order valence-corrected chi connectivity index (χ3v) is 7.12. The number of hydrogen-bond acceptors (Lipinski definition) is 5. The molecule has 0 fully saturated rings. The Morgan fingerprint density at radius 1 is 0.825 bits per heavy atom. The van der Waals surface area contributed by atoms with Crippen molar-refractivity contribution in [1.29, 1.82) is 0 Å². The molecule has 0 saturated heterocycles. The fraction of sp³-hybridized carbons (Fsp3) is 0.424. The first-order chi connectivity index (χ1) is 18.9. The molecule has 3 aliphatic rings. The Morgan fingerprint density at radius 2 is 1.45 bits per heavy atom. The van der Waals surface area contributed by atoms with Crippen LogP contribution in [0.5, 0.6) is 0 Å². The molecule has 5 rings (SSSR count). The number of anilines is 1. The standard InChI is InChI=1S/C33H40N3O4/c1-32(2,3)39-30(37)36(31(38)40-33(4,5)6)29-25(21-34-19-17-23-11-7-9-13-27(23)34)15-16-26(29)22-35-20-18-24-12-8-10-14-28(24)35/h7-14,21-22H,15-20H2,1-6H3/q+1. The highest BCUT2D eigenvalue weighted by Gasteiger charge is 2.40. The van der Waals surface area contributed by atoms with Crippen molar-refractivity contribution in [3.8, 4) is 0 Å². The van der Waals surface area contributed by atoms with Crippen LogP contribution in [-0.2, 0) is 22.3 Å². The maximum Gasteiger partial charge on any atom is 0.424 e. The van der Waals surface area contributed by atoms with Gasteiger partial charge in [0.25, 0.3) is 0 Å². The van der Waals surface area contributed by atoms with E-state index in [1.54, 1.807) is 41.5 Å². The molecule has 0 N–H and O–H groups in total. The Balaban J connectivity index is 1.64. The van der Waals surface area contributed by atoms with Crippen molar-refractivity contribution in [2.45, 2.75) is 78.4 Å². The number of allylic oxidation sites excluding steroid dienone is 2. The minimum absolute atomic E-state index is 0.553. The summed E-state index contributed by atoms with van der Waals surface area (Å²) in [6.45, 7) is 12.5. The number of fused-ring (bicyclic) bond motifs is 2. The smallest absolute Gasteiger partial charge is 0.424 e. The Bertz CT molecular complexity index is 1390. The van der Waals surface area contributed by atoms with Crippen LogP contribution in [0.25, 0.3) is 0 Å². The predicted octanol–water partition coefficient (Wildman–Crippen LogP) is 7.12. The van der Waals surface area contributed by atoms with E-state index in [4.69, 9.17) is 9.47 Å². The largest absolute Gasteiger partial charge is 0.443 e. The van der Waals surface area contributed by atoms with E-state index >= 15 is 0 Å². The third-order valence-electron chi connectivity index (χ3n) is 7.12. The number of rotatable bonds is 3. The average Bonchev–Trinajstić information content (AvgIpc) is 3.56. The zero-order valence-corrected chi connectivity index (χ0v) is 24.5. The predicted molar refractivity (Wildman–Crippen MR) is 157 cm³/mol. The van der Waals surface area contributed by atoms with E-state index < -0.39 is 23.4 Å². The van der Waals surface area contributed by atoms with E-state index in [2.05, 4.69) is 58.3 Å². The van der Waals surface area contributed by atoms with Gasteiger partial charge in [0.15, 0.2) is 12.8 Å². The van der Waals surface area contributed by atoms with Crippen molar-refractivity contribution in [3.63, 3.8) is 0 Å². The van der Waals surface area contributed by atoms with E-state index in [1.807, 2.05) is 12.1 Å². The Kier molecular flexibility index (Phi) is 7.34. The summed E-state index contributed by atoms with van der Waals surface area (Å²) in [6, 6.07) is 16.7. The van der Waals surface area contributed by atoms with Crippen molar-refractivity contribution >= 4 is 29.8 Å². The normalized spacial score (nSPS) is 18.8. The third kappa shape index (κ3) is 5.98. The Hall–Kier alpha value is -3.87. The van der Waals surface area contributed by atoms with Gasteiger partial charge in [0.1, 0.15) is 11.2 Å². The SMILES string of the molecule is CC(C)(C)OC(=O)N(C(=O)OC(C)(C)C)C1=C(C=[N+]2CCc3ccccc32)CC/C1=C\N1CCc2ccccc21. The van der Waals surface area contributed by atoms with Crippen molar-refractivity contribution in [2.75, 3.05) is 18.0 Å². The highest BCUT2D eigenvalue weighted by Crippen LogP contribution is 2.38. The van der Waals surface area contributed by atoms with Gasteiger partial charge < -0.3 is 14.4 Å². The molecule has 0 unspecified atom stereocenters. The molecule has 0 saturated carbocycles. The minimum atomic E-state index is -0.786. The van der Waals surface area contributed by atoms with Gasteiger partial charge in [-0.05, 0) is 78.0 Å². The first kappa shape index (κ1) is 27.7. The zero-order valence-electron chi connectivity index (χ0n) is 24.5. The average molecular weight is 543 g/mol. The molecule has 40 heavy (non-hydrogen) atoms. The van der Waals surface area contributed by atoms with Gasteiger partial charge in [-0.2, -0.15) is 9.48 Å². The molecule has 2 amide bonds. The molecular weight excluding hydrogens is 502 g/mol. The van der Waals surface area contributed by atoms with Gasteiger partial charge in [0.2, 0.25) is 5.69 Å². The van der Waals surface area contributed by atoms with Crippen molar-refractivity contribution < 1.29 is 23.6 Å². The molecule has 0 atom stereocenters. The van der Waals surface area contributed by atoms with E-state index in [1.165, 1.54) is 11.1 Å². The molecule has 0 spiro atoms. The van der Waals surface area contributed by atoms with E-state index in [9.17, 15) is 9.59 Å². The number of nitrogens with zero attached hydrogens (tertiary/aromatic N) is 3. The molecule has 210 valence electrons. The van der Waals surface area contributed by atoms with Crippen LogP contribution >= 0.6 is 0 Å². The highest BCUT2D eigenvalue weighted by atomic mass is 16.6. The molecule has 0 bridgehead atoms. The lowest BCUT2D eigenvalue weighted by Gasteiger charge is -2.30. The van der Waals surface area contributed by atoms with Crippen LogP contribution in [0.4, 0.5) is 21.0 Å². The number of hydrogen-bond donors (Lipinski definition) is 0. The van der Waals surface area contributed by atoms with Gasteiger partial charge in [0.05, 0.1) is 5.70 Å². The van der Waals surface area contributed by atoms with Gasteiger partial charge in [-0.25, -0.2) is 9.59 Å². The van der Waals surface area contributed by atoms with Crippen LogP contribution in [-0.4, -0.2) is 52.2 Å². The number of carbonyl (C=O) groups is 2. The highest BCUT2D eigenvalue weighted by molar-refractivity contribution is 5.94. The monoisotopic (exact) mass is 542 g/mol. The second kappa shape index (κ2) is 10.6. The molecule has 7 heteroatoms.